The zero-order valence-electron chi connectivity index (χ0n) is 10.7. The molecule has 10 heteroatoms. The van der Waals surface area contributed by atoms with E-state index in [0.717, 1.165) is 0 Å². The zero-order valence-corrected chi connectivity index (χ0v) is 15.3. The molecule has 0 spiro atoms. The molecule has 0 N–H and O–H groups in total. The van der Waals surface area contributed by atoms with E-state index < -0.39 is 10.5 Å². The van der Waals surface area contributed by atoms with Crippen LogP contribution in [0.5, 0.6) is 0 Å². The van der Waals surface area contributed by atoms with Gasteiger partial charge in [0.1, 0.15) is 0 Å². The molecule has 0 rings (SSSR count). The summed E-state index contributed by atoms with van der Waals surface area (Å²) in [7, 11) is 0. The standard InChI is InChI=1S/2C3H5ClO.2C2H2Cl2O/c2*1-2-3(4)5;2*3-1-2(4)5/h2*2H2,1H3;2*1H2. The van der Waals surface area contributed by atoms with Crippen LogP contribution < -0.4 is 0 Å². The van der Waals surface area contributed by atoms with Crippen molar-refractivity contribution in [3.63, 3.8) is 0 Å². The van der Waals surface area contributed by atoms with E-state index in [4.69, 9.17) is 69.6 Å². The second kappa shape index (κ2) is 24.4. The van der Waals surface area contributed by atoms with Crippen LogP contribution in [0.2, 0.25) is 0 Å². The van der Waals surface area contributed by atoms with E-state index in [9.17, 15) is 19.2 Å². The van der Waals surface area contributed by atoms with Crippen molar-refractivity contribution in [1.29, 1.82) is 0 Å². The maximum absolute atomic E-state index is 9.58. The minimum Gasteiger partial charge on any atom is -0.281 e. The number of carbonyl (C=O) groups excluding carboxylic acids is 4. The largest absolute Gasteiger partial charge is 0.281 e. The smallest absolute Gasteiger partial charge is 0.236 e. The summed E-state index contributed by atoms with van der Waals surface area (Å²) in [6.07, 6.45) is 0.864. The zero-order chi connectivity index (χ0) is 17.1. The molecule has 0 amide bonds. The number of halogens is 6. The Morgan fingerprint density at radius 2 is 0.700 bits per heavy atom. The predicted molar refractivity (Wildman–Crippen MR) is 85.5 cm³/mol. The fraction of sp³-hybridized carbons (Fsp3) is 0.600. The van der Waals surface area contributed by atoms with E-state index in [1.807, 2.05) is 0 Å². The molecule has 0 aliphatic heterocycles. The van der Waals surface area contributed by atoms with Gasteiger partial charge in [-0.3, -0.25) is 19.2 Å². The number of hydrogen-bond acceptors (Lipinski definition) is 4. The maximum atomic E-state index is 9.58. The normalized spacial score (nSPS) is 7.60. The molecule has 0 unspecified atom stereocenters. The monoisotopic (exact) mass is 408 g/mol. The van der Waals surface area contributed by atoms with E-state index in [-0.39, 0.29) is 22.2 Å². The van der Waals surface area contributed by atoms with Crippen LogP contribution in [-0.2, 0) is 19.2 Å². The number of rotatable bonds is 4. The van der Waals surface area contributed by atoms with Gasteiger partial charge in [0, 0.05) is 12.8 Å². The molecule has 0 aromatic carbocycles. The summed E-state index contributed by atoms with van der Waals surface area (Å²) in [6, 6.07) is 0. The lowest BCUT2D eigenvalue weighted by Crippen LogP contribution is -1.81. The minimum atomic E-state index is -0.508. The summed E-state index contributed by atoms with van der Waals surface area (Å²) >= 11 is 28.7. The van der Waals surface area contributed by atoms with Gasteiger partial charge in [0.2, 0.25) is 21.0 Å². The molecular formula is C10H14Cl6O4. The lowest BCUT2D eigenvalue weighted by atomic mass is 10.6. The van der Waals surface area contributed by atoms with E-state index >= 15 is 0 Å². The fourth-order valence-electron chi connectivity index (χ4n) is 0. The topological polar surface area (TPSA) is 68.3 Å². The Morgan fingerprint density at radius 1 is 0.600 bits per heavy atom. The molecule has 0 radical (unpaired) electrons. The van der Waals surface area contributed by atoms with Crippen molar-refractivity contribution in [1.82, 2.24) is 0 Å². The molecule has 0 fully saturated rings. The first-order chi connectivity index (χ1) is 9.08. The molecule has 0 saturated heterocycles. The second-order valence-electron chi connectivity index (χ2n) is 2.39. The van der Waals surface area contributed by atoms with Gasteiger partial charge in [0.15, 0.2) is 0 Å². The molecule has 0 bridgehead atoms. The van der Waals surface area contributed by atoms with Gasteiger partial charge in [-0.1, -0.05) is 13.8 Å². The average molecular weight is 411 g/mol. The maximum Gasteiger partial charge on any atom is 0.236 e. The number of hydrogen-bond donors (Lipinski definition) is 0. The molecule has 0 heterocycles. The molecule has 0 aliphatic carbocycles. The third-order valence-electron chi connectivity index (χ3n) is 0.766. The van der Waals surface area contributed by atoms with Crippen LogP contribution >= 0.6 is 69.6 Å². The van der Waals surface area contributed by atoms with Crippen molar-refractivity contribution in [2.75, 3.05) is 11.8 Å². The van der Waals surface area contributed by atoms with E-state index in [0.29, 0.717) is 12.8 Å². The molecule has 20 heavy (non-hydrogen) atoms. The first-order valence-electron chi connectivity index (χ1n) is 4.94. The molecular weight excluding hydrogens is 397 g/mol. The van der Waals surface area contributed by atoms with Gasteiger partial charge in [-0.25, -0.2) is 0 Å². The van der Waals surface area contributed by atoms with Crippen LogP contribution in [0.3, 0.4) is 0 Å². The SMILES string of the molecule is CCC(=O)Cl.CCC(=O)Cl.O=C(Cl)CCl.O=C(Cl)CCl. The highest BCUT2D eigenvalue weighted by atomic mass is 35.5. The van der Waals surface area contributed by atoms with Crippen molar-refractivity contribution in [3.05, 3.63) is 0 Å². The first kappa shape index (κ1) is 28.6. The lowest BCUT2D eigenvalue weighted by molar-refractivity contribution is -0.112. The molecule has 120 valence electrons. The molecule has 0 aromatic rings. The van der Waals surface area contributed by atoms with Gasteiger partial charge in [-0.2, -0.15) is 0 Å². The Bertz CT molecular complexity index is 227. The Kier molecular flexibility index (Phi) is 34.9. The van der Waals surface area contributed by atoms with Crippen molar-refractivity contribution in [2.45, 2.75) is 26.7 Å². The van der Waals surface area contributed by atoms with E-state index in [1.54, 1.807) is 13.8 Å². The minimum absolute atomic E-state index is 0.0957. The summed E-state index contributed by atoms with van der Waals surface area (Å²) in [6.45, 7) is 3.44. The van der Waals surface area contributed by atoms with Crippen molar-refractivity contribution in [3.8, 4) is 0 Å². The Hall–Kier alpha value is 0.420. The molecule has 0 aliphatic rings. The molecule has 0 aromatic heterocycles. The van der Waals surface area contributed by atoms with E-state index in [2.05, 4.69) is 0 Å². The molecule has 0 atom stereocenters. The number of carbonyl (C=O) groups is 4. The van der Waals surface area contributed by atoms with Gasteiger partial charge in [0.05, 0.1) is 11.8 Å². The van der Waals surface area contributed by atoms with Crippen molar-refractivity contribution >= 4 is 90.6 Å². The summed E-state index contributed by atoms with van der Waals surface area (Å²) in [5.41, 5.74) is 0. The fourth-order valence-corrected chi connectivity index (χ4v) is 0. The average Bonchev–Trinajstić information content (AvgIpc) is 2.40. The summed E-state index contributed by atoms with van der Waals surface area (Å²) in [4.78, 5) is 38.0. The van der Waals surface area contributed by atoms with Crippen LogP contribution in [-0.4, -0.2) is 32.7 Å². The summed E-state index contributed by atoms with van der Waals surface area (Å²) in [5, 5.41) is -1.56. The van der Waals surface area contributed by atoms with Gasteiger partial charge in [-0.05, 0) is 46.4 Å². The predicted octanol–water partition coefficient (Wildman–Crippen LogP) is 4.30. The van der Waals surface area contributed by atoms with Gasteiger partial charge in [-0.15, -0.1) is 23.2 Å². The van der Waals surface area contributed by atoms with Gasteiger partial charge >= 0.3 is 0 Å². The lowest BCUT2D eigenvalue weighted by Gasteiger charge is -1.68. The third kappa shape index (κ3) is 78.8. The highest BCUT2D eigenvalue weighted by Crippen LogP contribution is 1.82. The van der Waals surface area contributed by atoms with Crippen LogP contribution in [0, 0.1) is 0 Å². The third-order valence-corrected chi connectivity index (χ3v) is 2.33. The highest BCUT2D eigenvalue weighted by Gasteiger charge is 1.84. The first-order valence-corrected chi connectivity index (χ1v) is 7.52. The van der Waals surface area contributed by atoms with Crippen LogP contribution in [0.15, 0.2) is 0 Å². The van der Waals surface area contributed by atoms with Crippen LogP contribution in [0.4, 0.5) is 0 Å². The summed E-state index contributed by atoms with van der Waals surface area (Å²) in [5.74, 6) is -0.191. The van der Waals surface area contributed by atoms with Gasteiger partial charge < -0.3 is 0 Å². The van der Waals surface area contributed by atoms with Crippen LogP contribution in [0.1, 0.15) is 26.7 Å². The van der Waals surface area contributed by atoms with Gasteiger partial charge in [0.25, 0.3) is 0 Å². The molecule has 0 saturated carbocycles. The number of alkyl halides is 2. The molecule has 4 nitrogen and oxygen atoms in total. The highest BCUT2D eigenvalue weighted by molar-refractivity contribution is 6.68. The van der Waals surface area contributed by atoms with E-state index in [1.165, 1.54) is 0 Å². The Balaban J connectivity index is -0.0000000853. The van der Waals surface area contributed by atoms with Crippen molar-refractivity contribution in [2.24, 2.45) is 0 Å². The van der Waals surface area contributed by atoms with Crippen LogP contribution in [0.25, 0.3) is 0 Å². The quantitative estimate of drug-likeness (QED) is 0.511. The Labute approximate surface area is 148 Å². The second-order valence-corrected chi connectivity index (χ2v) is 4.62. The Morgan fingerprint density at radius 3 is 0.700 bits per heavy atom. The summed E-state index contributed by atoms with van der Waals surface area (Å²) < 4.78 is 0. The van der Waals surface area contributed by atoms with Crippen molar-refractivity contribution < 1.29 is 19.2 Å².